The van der Waals surface area contributed by atoms with E-state index in [2.05, 4.69) is 11.0 Å². The first-order chi connectivity index (χ1) is 17.1. The Morgan fingerprint density at radius 2 is 1.75 bits per heavy atom. The molecular weight excluding hydrogens is 450 g/mol. The van der Waals surface area contributed by atoms with Gasteiger partial charge in [0.2, 0.25) is 5.91 Å². The van der Waals surface area contributed by atoms with Crippen molar-refractivity contribution in [3.05, 3.63) is 71.3 Å². The predicted molar refractivity (Wildman–Crippen MR) is 144 cm³/mol. The van der Waals surface area contributed by atoms with Crippen LogP contribution in [0.15, 0.2) is 54.6 Å². The summed E-state index contributed by atoms with van der Waals surface area (Å²) < 4.78 is 6.31. The van der Waals surface area contributed by atoms with Crippen molar-refractivity contribution in [1.29, 1.82) is 10.8 Å². The fourth-order valence-electron chi connectivity index (χ4n) is 5.29. The van der Waals surface area contributed by atoms with Crippen LogP contribution in [-0.4, -0.2) is 41.7 Å². The summed E-state index contributed by atoms with van der Waals surface area (Å²) in [7, 11) is 0. The van der Waals surface area contributed by atoms with Gasteiger partial charge in [-0.25, -0.2) is 0 Å². The number of ether oxygens (including phenoxy) is 1. The lowest BCUT2D eigenvalue weighted by Crippen LogP contribution is -2.40. The molecule has 0 aromatic heterocycles. The van der Waals surface area contributed by atoms with Gasteiger partial charge in [-0.15, -0.1) is 0 Å². The number of nitrogens with one attached hydrogen (secondary N) is 2. The fourth-order valence-corrected chi connectivity index (χ4v) is 5.29. The van der Waals surface area contributed by atoms with Crippen molar-refractivity contribution in [1.82, 2.24) is 4.90 Å². The molecule has 0 unspecified atom stereocenters. The van der Waals surface area contributed by atoms with Gasteiger partial charge in [0, 0.05) is 37.2 Å². The first-order valence-electron chi connectivity index (χ1n) is 12.4. The summed E-state index contributed by atoms with van der Waals surface area (Å²) in [6, 6.07) is 17.9. The molecule has 36 heavy (non-hydrogen) atoms. The average molecular weight is 484 g/mol. The quantitative estimate of drug-likeness (QED) is 0.358. The Morgan fingerprint density at radius 1 is 1.03 bits per heavy atom. The molecule has 3 aromatic carbocycles. The lowest BCUT2D eigenvalue weighted by molar-refractivity contribution is -0.122. The highest BCUT2D eigenvalue weighted by molar-refractivity contribution is 6.07. The van der Waals surface area contributed by atoms with Crippen molar-refractivity contribution in [2.75, 3.05) is 18.0 Å². The Kier molecular flexibility index (Phi) is 5.94. The number of fused-ring (bicyclic) bond motifs is 2. The minimum absolute atomic E-state index is 0.0427. The summed E-state index contributed by atoms with van der Waals surface area (Å²) in [5.41, 5.74) is 8.65. The van der Waals surface area contributed by atoms with Crippen LogP contribution in [0.2, 0.25) is 0 Å². The van der Waals surface area contributed by atoms with Gasteiger partial charge < -0.3 is 20.3 Å². The van der Waals surface area contributed by atoms with Crippen LogP contribution < -0.4 is 15.4 Å². The van der Waals surface area contributed by atoms with Crippen LogP contribution in [0.1, 0.15) is 50.3 Å². The molecule has 1 fully saturated rings. The molecule has 0 radical (unpaired) electrons. The van der Waals surface area contributed by atoms with Gasteiger partial charge in [-0.1, -0.05) is 24.3 Å². The maximum absolute atomic E-state index is 13.5. The van der Waals surface area contributed by atoms with E-state index < -0.39 is 5.41 Å². The molecule has 5 rings (SSSR count). The molecule has 2 aliphatic rings. The van der Waals surface area contributed by atoms with Gasteiger partial charge in [-0.05, 0) is 73.0 Å². The van der Waals surface area contributed by atoms with Gasteiger partial charge in [0.25, 0.3) is 0 Å². The maximum atomic E-state index is 13.5. The Bertz CT molecular complexity index is 1370. The number of carbonyl (C=O) groups excluding carboxylic acids is 1. The number of nitrogens with two attached hydrogens (primary N) is 1. The van der Waals surface area contributed by atoms with Crippen molar-refractivity contribution in [2.24, 2.45) is 5.73 Å². The van der Waals surface area contributed by atoms with Gasteiger partial charge >= 0.3 is 0 Å². The minimum atomic E-state index is -0.645. The van der Waals surface area contributed by atoms with E-state index in [1.165, 1.54) is 0 Å². The average Bonchev–Trinajstić information content (AvgIpc) is 3.04. The predicted octanol–water partition coefficient (Wildman–Crippen LogP) is 4.79. The smallest absolute Gasteiger partial charge is 0.237 e. The van der Waals surface area contributed by atoms with Crippen molar-refractivity contribution in [3.63, 3.8) is 0 Å². The number of hydrogen-bond donors (Lipinski definition) is 3. The van der Waals surface area contributed by atoms with Crippen LogP contribution in [-0.2, 0) is 16.8 Å². The lowest BCUT2D eigenvalue weighted by Gasteiger charge is -2.33. The van der Waals surface area contributed by atoms with E-state index in [-0.39, 0.29) is 17.8 Å². The fraction of sp³-hybridized carbons (Fsp3) is 0.345. The molecule has 0 saturated carbocycles. The number of nitrogen functional groups attached to an aromatic ring is 1. The van der Waals surface area contributed by atoms with Crippen molar-refractivity contribution >= 4 is 34.0 Å². The number of rotatable bonds is 5. The number of anilines is 1. The van der Waals surface area contributed by atoms with E-state index in [1.54, 1.807) is 0 Å². The van der Waals surface area contributed by atoms with E-state index in [1.807, 2.05) is 74.2 Å². The number of likely N-dealkylation sites (tertiary alicyclic amines) is 1. The summed E-state index contributed by atoms with van der Waals surface area (Å²) in [5.74, 6) is 1.52. The highest BCUT2D eigenvalue weighted by atomic mass is 16.5. The Balaban J connectivity index is 1.38. The van der Waals surface area contributed by atoms with Gasteiger partial charge in [0.15, 0.2) is 0 Å². The van der Waals surface area contributed by atoms with E-state index in [0.29, 0.717) is 17.9 Å². The first-order valence-corrected chi connectivity index (χ1v) is 12.4. The van der Waals surface area contributed by atoms with Crippen molar-refractivity contribution in [2.45, 2.75) is 51.7 Å². The van der Waals surface area contributed by atoms with Gasteiger partial charge in [0.1, 0.15) is 17.7 Å². The number of piperidine rings is 1. The number of amidine groups is 2. The molecule has 0 spiro atoms. The SMILES string of the molecule is CC(=N)N1CCC(Oc2ccc3c(c2)C(C)(C)C(=O)N3Cc2ccc3ccc(C(=N)N)cc3c2)CC1. The second kappa shape index (κ2) is 8.97. The van der Waals surface area contributed by atoms with Gasteiger partial charge in [-0.3, -0.25) is 15.6 Å². The number of nitrogens with zero attached hydrogens (tertiary/aromatic N) is 2. The van der Waals surface area contributed by atoms with E-state index in [9.17, 15) is 4.79 Å². The third-order valence-corrected chi connectivity index (χ3v) is 7.49. The highest BCUT2D eigenvalue weighted by Gasteiger charge is 2.44. The second-order valence-corrected chi connectivity index (χ2v) is 10.4. The molecule has 4 N–H and O–H groups in total. The van der Waals surface area contributed by atoms with Crippen LogP contribution in [0.3, 0.4) is 0 Å². The molecule has 0 bridgehead atoms. The summed E-state index contributed by atoms with van der Waals surface area (Å²) in [5, 5.41) is 17.6. The molecule has 186 valence electrons. The van der Waals surface area contributed by atoms with Crippen LogP contribution in [0.5, 0.6) is 5.75 Å². The van der Waals surface area contributed by atoms with Gasteiger partial charge in [0.05, 0.1) is 17.8 Å². The minimum Gasteiger partial charge on any atom is -0.490 e. The monoisotopic (exact) mass is 483 g/mol. The number of benzene rings is 3. The van der Waals surface area contributed by atoms with Crippen LogP contribution in [0, 0.1) is 10.8 Å². The van der Waals surface area contributed by atoms with Crippen molar-refractivity contribution in [3.8, 4) is 5.75 Å². The standard InChI is InChI=1S/C29H33N5O2/c1-18(30)33-12-10-23(11-13-33)36-24-8-9-26-25(16-24)29(2,3)28(35)34(26)17-19-4-5-20-6-7-21(27(31)32)15-22(20)14-19/h4-9,14-16,23,30H,10-13,17H2,1-3H3,(H3,31,32). The lowest BCUT2D eigenvalue weighted by atomic mass is 9.86. The van der Waals surface area contributed by atoms with E-state index >= 15 is 0 Å². The van der Waals surface area contributed by atoms with E-state index in [0.717, 1.165) is 59.3 Å². The summed E-state index contributed by atoms with van der Waals surface area (Å²) >= 11 is 0. The molecule has 0 atom stereocenters. The zero-order valence-electron chi connectivity index (χ0n) is 21.1. The molecule has 2 heterocycles. The third-order valence-electron chi connectivity index (χ3n) is 7.49. The van der Waals surface area contributed by atoms with Crippen LogP contribution >= 0.6 is 0 Å². The maximum Gasteiger partial charge on any atom is 0.237 e. The van der Waals surface area contributed by atoms with Gasteiger partial charge in [-0.2, -0.15) is 0 Å². The first kappa shape index (κ1) is 23.9. The largest absolute Gasteiger partial charge is 0.490 e. The topological polar surface area (TPSA) is 107 Å². The molecule has 7 heteroatoms. The Morgan fingerprint density at radius 3 is 2.44 bits per heavy atom. The summed E-state index contributed by atoms with van der Waals surface area (Å²) in [6.45, 7) is 7.92. The Hall–Kier alpha value is -3.87. The number of hydrogen-bond acceptors (Lipinski definition) is 4. The molecule has 3 aromatic rings. The zero-order valence-corrected chi connectivity index (χ0v) is 21.1. The normalized spacial score (nSPS) is 17.4. The Labute approximate surface area is 211 Å². The number of amides is 1. The summed E-state index contributed by atoms with van der Waals surface area (Å²) in [4.78, 5) is 17.5. The molecule has 7 nitrogen and oxygen atoms in total. The molecule has 0 aliphatic carbocycles. The van der Waals surface area contributed by atoms with Crippen LogP contribution in [0.4, 0.5) is 5.69 Å². The van der Waals surface area contributed by atoms with E-state index in [4.69, 9.17) is 21.3 Å². The molecule has 2 aliphatic heterocycles. The van der Waals surface area contributed by atoms with Crippen molar-refractivity contribution < 1.29 is 9.53 Å². The molecular formula is C29H33N5O2. The summed E-state index contributed by atoms with van der Waals surface area (Å²) in [6.07, 6.45) is 1.89. The zero-order chi connectivity index (χ0) is 25.6. The third kappa shape index (κ3) is 4.30. The van der Waals surface area contributed by atoms with Crippen LogP contribution in [0.25, 0.3) is 10.8 Å². The molecule has 1 amide bonds. The second-order valence-electron chi connectivity index (χ2n) is 10.4. The highest BCUT2D eigenvalue weighted by Crippen LogP contribution is 2.44. The molecule has 1 saturated heterocycles. The number of carbonyl (C=O) groups is 1.